The molecule has 1 heterocycles. The molecule has 1 aromatic carbocycles. The van der Waals surface area contributed by atoms with E-state index in [0.29, 0.717) is 30.5 Å². The zero-order chi connectivity index (χ0) is 17.5. The molecule has 1 aliphatic heterocycles. The van der Waals surface area contributed by atoms with E-state index in [2.05, 4.69) is 4.74 Å². The molecule has 1 unspecified atom stereocenters. The maximum Gasteiger partial charge on any atom is 0.305 e. The van der Waals surface area contributed by atoms with Gasteiger partial charge in [-0.2, -0.15) is 0 Å². The second kappa shape index (κ2) is 8.78. The van der Waals surface area contributed by atoms with Gasteiger partial charge in [-0.05, 0) is 43.9 Å². The number of piperidine rings is 1. The Morgan fingerprint density at radius 1 is 1.29 bits per heavy atom. The van der Waals surface area contributed by atoms with E-state index in [1.165, 1.54) is 26.4 Å². The zero-order valence-electron chi connectivity index (χ0n) is 14.2. The third kappa shape index (κ3) is 4.54. The van der Waals surface area contributed by atoms with E-state index in [1.807, 2.05) is 0 Å². The Morgan fingerprint density at radius 3 is 2.79 bits per heavy atom. The highest BCUT2D eigenvalue weighted by Crippen LogP contribution is 2.24. The van der Waals surface area contributed by atoms with Crippen LogP contribution in [0.1, 0.15) is 48.0 Å². The first-order chi connectivity index (χ1) is 11.6. The molecule has 0 spiro atoms. The van der Waals surface area contributed by atoms with E-state index < -0.39 is 0 Å². The molecule has 0 N–H and O–H groups in total. The smallest absolute Gasteiger partial charge is 0.305 e. The predicted molar refractivity (Wildman–Crippen MR) is 87.0 cm³/mol. The van der Waals surface area contributed by atoms with Crippen molar-refractivity contribution >= 4 is 11.9 Å². The third-order valence-electron chi connectivity index (χ3n) is 4.39. The number of esters is 1. The summed E-state index contributed by atoms with van der Waals surface area (Å²) in [5.41, 5.74) is 0.819. The summed E-state index contributed by atoms with van der Waals surface area (Å²) in [5, 5.41) is 0. The van der Waals surface area contributed by atoms with Gasteiger partial charge in [-0.3, -0.25) is 9.59 Å². The molecule has 0 bridgehead atoms. The lowest BCUT2D eigenvalue weighted by atomic mass is 9.96. The van der Waals surface area contributed by atoms with Crippen molar-refractivity contribution in [3.05, 3.63) is 35.1 Å². The van der Waals surface area contributed by atoms with Crippen LogP contribution in [0.25, 0.3) is 0 Å². The molecule has 24 heavy (non-hydrogen) atoms. The highest BCUT2D eigenvalue weighted by molar-refractivity contribution is 5.94. The molecule has 5 nitrogen and oxygen atoms in total. The molecule has 0 aromatic heterocycles. The number of likely N-dealkylation sites (tertiary alicyclic amines) is 1. The van der Waals surface area contributed by atoms with Gasteiger partial charge in [-0.25, -0.2) is 4.39 Å². The van der Waals surface area contributed by atoms with Gasteiger partial charge in [0.1, 0.15) is 5.82 Å². The first-order valence-electron chi connectivity index (χ1n) is 8.22. The number of carbonyl (C=O) groups excluding carboxylic acids is 2. The van der Waals surface area contributed by atoms with E-state index in [-0.39, 0.29) is 30.3 Å². The lowest BCUT2D eigenvalue weighted by molar-refractivity contribution is -0.141. The standard InChI is InChI=1S/C18H24FNO4/c1-23-12-14-11-13(6-8-16(14)19)18(22)20-10-4-3-5-15(20)7-9-17(21)24-2/h6,8,11,15H,3-5,7,9-10,12H2,1-2H3. The highest BCUT2D eigenvalue weighted by Gasteiger charge is 2.28. The van der Waals surface area contributed by atoms with Crippen LogP contribution in [0.5, 0.6) is 0 Å². The van der Waals surface area contributed by atoms with E-state index >= 15 is 0 Å². The van der Waals surface area contributed by atoms with Crippen molar-refractivity contribution in [1.82, 2.24) is 4.90 Å². The van der Waals surface area contributed by atoms with Crippen molar-refractivity contribution in [1.29, 1.82) is 0 Å². The number of carbonyl (C=O) groups is 2. The maximum atomic E-state index is 13.7. The number of nitrogens with zero attached hydrogens (tertiary/aromatic N) is 1. The summed E-state index contributed by atoms with van der Waals surface area (Å²) in [6.07, 6.45) is 3.73. The van der Waals surface area contributed by atoms with Crippen molar-refractivity contribution in [3.63, 3.8) is 0 Å². The Bertz CT molecular complexity index is 590. The molecule has 1 atom stereocenters. The van der Waals surface area contributed by atoms with Gasteiger partial charge in [0, 0.05) is 37.2 Å². The van der Waals surface area contributed by atoms with Gasteiger partial charge in [-0.15, -0.1) is 0 Å². The highest BCUT2D eigenvalue weighted by atomic mass is 19.1. The molecule has 1 amide bonds. The Hall–Kier alpha value is -1.95. The molecule has 1 fully saturated rings. The third-order valence-corrected chi connectivity index (χ3v) is 4.39. The van der Waals surface area contributed by atoms with Crippen molar-refractivity contribution in [2.24, 2.45) is 0 Å². The summed E-state index contributed by atoms with van der Waals surface area (Å²) >= 11 is 0. The molecule has 1 aromatic rings. The summed E-state index contributed by atoms with van der Waals surface area (Å²) in [5.74, 6) is -0.770. The Kier molecular flexibility index (Phi) is 6.73. The number of benzene rings is 1. The molecule has 0 radical (unpaired) electrons. The molecular formula is C18H24FNO4. The number of rotatable bonds is 6. The normalized spacial score (nSPS) is 17.6. The Balaban J connectivity index is 2.13. The van der Waals surface area contributed by atoms with Crippen molar-refractivity contribution in [3.8, 4) is 0 Å². The van der Waals surface area contributed by atoms with Crippen molar-refractivity contribution in [2.75, 3.05) is 20.8 Å². The van der Waals surface area contributed by atoms with Crippen LogP contribution in [0.4, 0.5) is 4.39 Å². The van der Waals surface area contributed by atoms with E-state index in [1.54, 1.807) is 11.0 Å². The quantitative estimate of drug-likeness (QED) is 0.749. The van der Waals surface area contributed by atoms with Crippen molar-refractivity contribution < 1.29 is 23.5 Å². The van der Waals surface area contributed by atoms with Crippen molar-refractivity contribution in [2.45, 2.75) is 44.8 Å². The Labute approximate surface area is 141 Å². The fourth-order valence-electron chi connectivity index (χ4n) is 3.09. The fraction of sp³-hybridized carbons (Fsp3) is 0.556. The minimum absolute atomic E-state index is 0.0151. The molecule has 1 aliphatic rings. The first-order valence-corrected chi connectivity index (χ1v) is 8.22. The molecule has 0 saturated carbocycles. The average Bonchev–Trinajstić information content (AvgIpc) is 2.61. The van der Waals surface area contributed by atoms with Gasteiger partial charge in [0.25, 0.3) is 5.91 Å². The minimum Gasteiger partial charge on any atom is -0.469 e. The van der Waals surface area contributed by atoms with Crippen LogP contribution < -0.4 is 0 Å². The second-order valence-electron chi connectivity index (χ2n) is 6.00. The van der Waals surface area contributed by atoms with Gasteiger partial charge in [0.2, 0.25) is 0 Å². The number of amides is 1. The molecular weight excluding hydrogens is 313 g/mol. The maximum absolute atomic E-state index is 13.7. The summed E-state index contributed by atoms with van der Waals surface area (Å²) < 4.78 is 23.4. The van der Waals surface area contributed by atoms with Gasteiger partial charge < -0.3 is 14.4 Å². The summed E-state index contributed by atoms with van der Waals surface area (Å²) in [4.78, 5) is 26.0. The minimum atomic E-state index is -0.380. The number of methoxy groups -OCH3 is 2. The second-order valence-corrected chi connectivity index (χ2v) is 6.00. The monoisotopic (exact) mass is 337 g/mol. The summed E-state index contributed by atoms with van der Waals surface area (Å²) in [6, 6.07) is 4.37. The van der Waals surface area contributed by atoms with Crippen LogP contribution >= 0.6 is 0 Å². The zero-order valence-corrected chi connectivity index (χ0v) is 14.2. The van der Waals surface area contributed by atoms with Crippen LogP contribution in [0.3, 0.4) is 0 Å². The molecule has 0 aliphatic carbocycles. The molecule has 1 saturated heterocycles. The number of hydrogen-bond donors (Lipinski definition) is 0. The average molecular weight is 337 g/mol. The predicted octanol–water partition coefficient (Wildman–Crippen LogP) is 2.92. The van der Waals surface area contributed by atoms with E-state index in [9.17, 15) is 14.0 Å². The number of halogens is 1. The van der Waals surface area contributed by atoms with Gasteiger partial charge in [0.05, 0.1) is 13.7 Å². The van der Waals surface area contributed by atoms with Gasteiger partial charge in [-0.1, -0.05) is 0 Å². The van der Waals surface area contributed by atoms with Crippen LogP contribution in [0.2, 0.25) is 0 Å². The largest absolute Gasteiger partial charge is 0.469 e. The van der Waals surface area contributed by atoms with Crippen LogP contribution in [-0.4, -0.2) is 43.6 Å². The molecule has 6 heteroatoms. The lowest BCUT2D eigenvalue weighted by Crippen LogP contribution is -2.44. The van der Waals surface area contributed by atoms with Crippen LogP contribution in [0.15, 0.2) is 18.2 Å². The van der Waals surface area contributed by atoms with Gasteiger partial charge >= 0.3 is 5.97 Å². The lowest BCUT2D eigenvalue weighted by Gasteiger charge is -2.36. The van der Waals surface area contributed by atoms with E-state index in [4.69, 9.17) is 4.74 Å². The number of hydrogen-bond acceptors (Lipinski definition) is 4. The summed E-state index contributed by atoms with van der Waals surface area (Å²) in [6.45, 7) is 0.778. The summed E-state index contributed by atoms with van der Waals surface area (Å²) in [7, 11) is 2.85. The number of ether oxygens (including phenoxy) is 2. The molecule has 132 valence electrons. The molecule has 2 rings (SSSR count). The van der Waals surface area contributed by atoms with Gasteiger partial charge in [0.15, 0.2) is 0 Å². The Morgan fingerprint density at radius 2 is 2.08 bits per heavy atom. The SMILES string of the molecule is COCc1cc(C(=O)N2CCCCC2CCC(=O)OC)ccc1F. The first kappa shape index (κ1) is 18.4. The van der Waals surface area contributed by atoms with E-state index in [0.717, 1.165) is 19.3 Å². The fourth-order valence-corrected chi connectivity index (χ4v) is 3.09. The van der Waals surface area contributed by atoms with Crippen LogP contribution in [0, 0.1) is 5.82 Å². The topological polar surface area (TPSA) is 55.8 Å². The van der Waals surface area contributed by atoms with Crippen LogP contribution in [-0.2, 0) is 20.9 Å².